The topological polar surface area (TPSA) is 98.5 Å². The van der Waals surface area contributed by atoms with Gasteiger partial charge in [0.2, 0.25) is 5.91 Å². The van der Waals surface area contributed by atoms with Crippen LogP contribution in [0.4, 0.5) is 10.1 Å². The minimum absolute atomic E-state index is 0.0836. The van der Waals surface area contributed by atoms with Crippen molar-refractivity contribution in [2.45, 2.75) is 17.4 Å². The Balaban J connectivity index is 2.89. The second kappa shape index (κ2) is 6.78. The molecule has 0 aliphatic carbocycles. The summed E-state index contributed by atoms with van der Waals surface area (Å²) in [6.45, 7) is 0.292. The fourth-order valence-electron chi connectivity index (χ4n) is 1.43. The van der Waals surface area contributed by atoms with Gasteiger partial charge < -0.3 is 15.8 Å². The molecule has 8 heteroatoms. The van der Waals surface area contributed by atoms with E-state index in [4.69, 9.17) is 10.5 Å². The lowest BCUT2D eigenvalue weighted by molar-refractivity contribution is -0.117. The highest BCUT2D eigenvalue weighted by atomic mass is 32.2. The highest BCUT2D eigenvalue weighted by molar-refractivity contribution is 7.90. The molecular weight excluding hydrogens is 287 g/mol. The van der Waals surface area contributed by atoms with Crippen LogP contribution in [0.5, 0.6) is 0 Å². The molecular formula is C12H17FN2O4S. The molecule has 0 heterocycles. The summed E-state index contributed by atoms with van der Waals surface area (Å²) in [5.74, 6) is -1.34. The molecule has 6 nitrogen and oxygen atoms in total. The van der Waals surface area contributed by atoms with E-state index in [1.165, 1.54) is 7.11 Å². The lowest BCUT2D eigenvalue weighted by atomic mass is 10.2. The van der Waals surface area contributed by atoms with E-state index in [-0.39, 0.29) is 17.0 Å². The molecule has 3 N–H and O–H groups in total. The SMILES string of the molecule is COCCC(N)C(=O)Nc1cc(S(C)(=O)=O)ccc1F. The largest absolute Gasteiger partial charge is 0.385 e. The average molecular weight is 304 g/mol. The van der Waals surface area contributed by atoms with Gasteiger partial charge in [-0.2, -0.15) is 0 Å². The Labute approximate surface area is 117 Å². The number of carbonyl (C=O) groups excluding carboxylic acids is 1. The van der Waals surface area contributed by atoms with Crippen molar-refractivity contribution in [3.05, 3.63) is 24.0 Å². The first-order chi connectivity index (χ1) is 9.25. The minimum Gasteiger partial charge on any atom is -0.385 e. The molecule has 1 rings (SSSR count). The molecule has 0 aliphatic rings. The molecule has 0 fully saturated rings. The zero-order chi connectivity index (χ0) is 15.3. The molecule has 1 aromatic rings. The molecule has 0 spiro atoms. The van der Waals surface area contributed by atoms with E-state index in [9.17, 15) is 17.6 Å². The zero-order valence-corrected chi connectivity index (χ0v) is 12.0. The van der Waals surface area contributed by atoms with Gasteiger partial charge in [-0.25, -0.2) is 12.8 Å². The summed E-state index contributed by atoms with van der Waals surface area (Å²) in [7, 11) is -2.01. The van der Waals surface area contributed by atoms with Gasteiger partial charge in [-0.15, -0.1) is 0 Å². The van der Waals surface area contributed by atoms with Crippen LogP contribution in [0.3, 0.4) is 0 Å². The van der Waals surface area contributed by atoms with Gasteiger partial charge in [0.1, 0.15) is 5.82 Å². The number of ether oxygens (including phenoxy) is 1. The zero-order valence-electron chi connectivity index (χ0n) is 11.2. The number of anilines is 1. The van der Waals surface area contributed by atoms with Crippen LogP contribution >= 0.6 is 0 Å². The third-order valence-corrected chi connectivity index (χ3v) is 3.70. The number of halogens is 1. The van der Waals surface area contributed by atoms with E-state index in [0.717, 1.165) is 24.5 Å². The van der Waals surface area contributed by atoms with Gasteiger partial charge in [0.05, 0.1) is 16.6 Å². The summed E-state index contributed by atoms with van der Waals surface area (Å²) in [6.07, 6.45) is 1.27. The summed E-state index contributed by atoms with van der Waals surface area (Å²) < 4.78 is 41.1. The minimum atomic E-state index is -3.48. The maximum Gasteiger partial charge on any atom is 0.241 e. The number of hydrogen-bond donors (Lipinski definition) is 2. The molecule has 0 saturated heterocycles. The molecule has 0 bridgehead atoms. The molecule has 1 atom stereocenters. The van der Waals surface area contributed by atoms with Crippen LogP contribution in [0.1, 0.15) is 6.42 Å². The molecule has 1 aromatic carbocycles. The summed E-state index contributed by atoms with van der Waals surface area (Å²) in [6, 6.07) is 2.31. The van der Waals surface area contributed by atoms with Gasteiger partial charge in [-0.1, -0.05) is 0 Å². The number of sulfone groups is 1. The first kappa shape index (κ1) is 16.5. The van der Waals surface area contributed by atoms with E-state index < -0.39 is 27.6 Å². The Kier molecular flexibility index (Phi) is 5.61. The second-order valence-corrected chi connectivity index (χ2v) is 6.31. The van der Waals surface area contributed by atoms with Crippen molar-refractivity contribution in [2.75, 3.05) is 25.3 Å². The van der Waals surface area contributed by atoms with Gasteiger partial charge in [0.25, 0.3) is 0 Å². The van der Waals surface area contributed by atoms with Crippen molar-refractivity contribution in [3.8, 4) is 0 Å². The number of amides is 1. The van der Waals surface area contributed by atoms with Gasteiger partial charge in [0.15, 0.2) is 9.84 Å². The smallest absolute Gasteiger partial charge is 0.241 e. The van der Waals surface area contributed by atoms with Crippen LogP contribution in [0.15, 0.2) is 23.1 Å². The molecule has 112 valence electrons. The highest BCUT2D eigenvalue weighted by Crippen LogP contribution is 2.19. The van der Waals surface area contributed by atoms with Crippen molar-refractivity contribution in [1.29, 1.82) is 0 Å². The Hall–Kier alpha value is -1.51. The Morgan fingerprint density at radius 2 is 2.15 bits per heavy atom. The Morgan fingerprint density at radius 3 is 2.70 bits per heavy atom. The number of hydrogen-bond acceptors (Lipinski definition) is 5. The van der Waals surface area contributed by atoms with Crippen molar-refractivity contribution in [2.24, 2.45) is 5.73 Å². The third-order valence-electron chi connectivity index (χ3n) is 2.59. The number of methoxy groups -OCH3 is 1. The second-order valence-electron chi connectivity index (χ2n) is 4.29. The Bertz CT molecular complexity index is 589. The molecule has 1 amide bonds. The lowest BCUT2D eigenvalue weighted by Gasteiger charge is -2.13. The number of nitrogens with two attached hydrogens (primary N) is 1. The standard InChI is InChI=1S/C12H17FN2O4S/c1-19-6-5-10(14)12(16)15-11-7-8(20(2,17)18)3-4-9(11)13/h3-4,7,10H,5-6,14H2,1-2H3,(H,15,16). The number of carbonyl (C=O) groups is 1. The van der Waals surface area contributed by atoms with E-state index in [1.54, 1.807) is 0 Å². The molecule has 20 heavy (non-hydrogen) atoms. The van der Waals surface area contributed by atoms with Crippen molar-refractivity contribution in [3.63, 3.8) is 0 Å². The van der Waals surface area contributed by atoms with Gasteiger partial charge in [-0.05, 0) is 24.6 Å². The van der Waals surface area contributed by atoms with Crippen molar-refractivity contribution in [1.82, 2.24) is 0 Å². The van der Waals surface area contributed by atoms with Crippen LogP contribution in [-0.4, -0.2) is 40.3 Å². The number of benzene rings is 1. The predicted molar refractivity (Wildman–Crippen MR) is 72.6 cm³/mol. The van der Waals surface area contributed by atoms with Crippen LogP contribution in [0.25, 0.3) is 0 Å². The normalized spacial score (nSPS) is 13.0. The van der Waals surface area contributed by atoms with E-state index in [0.29, 0.717) is 6.61 Å². The fraction of sp³-hybridized carbons (Fsp3) is 0.417. The first-order valence-electron chi connectivity index (χ1n) is 5.80. The molecule has 0 saturated carbocycles. The maximum atomic E-state index is 13.6. The summed E-state index contributed by atoms with van der Waals surface area (Å²) in [4.78, 5) is 11.6. The highest BCUT2D eigenvalue weighted by Gasteiger charge is 2.17. The first-order valence-corrected chi connectivity index (χ1v) is 7.70. The van der Waals surface area contributed by atoms with Crippen LogP contribution in [0, 0.1) is 5.82 Å². The van der Waals surface area contributed by atoms with Crippen LogP contribution < -0.4 is 11.1 Å². The van der Waals surface area contributed by atoms with Crippen LogP contribution in [0.2, 0.25) is 0 Å². The maximum absolute atomic E-state index is 13.6. The van der Waals surface area contributed by atoms with Crippen LogP contribution in [-0.2, 0) is 19.4 Å². The van der Waals surface area contributed by atoms with Crippen molar-refractivity contribution < 1.29 is 22.3 Å². The van der Waals surface area contributed by atoms with Gasteiger partial charge in [-0.3, -0.25) is 4.79 Å². The summed E-state index contributed by atoms with van der Waals surface area (Å²) in [5.41, 5.74) is 5.38. The summed E-state index contributed by atoms with van der Waals surface area (Å²) >= 11 is 0. The third kappa shape index (κ3) is 4.55. The average Bonchev–Trinajstić information content (AvgIpc) is 2.37. The number of nitrogens with one attached hydrogen (secondary N) is 1. The molecule has 0 aliphatic heterocycles. The lowest BCUT2D eigenvalue weighted by Crippen LogP contribution is -2.36. The molecule has 0 aromatic heterocycles. The molecule has 1 unspecified atom stereocenters. The Morgan fingerprint density at radius 1 is 1.50 bits per heavy atom. The van der Waals surface area contributed by atoms with Crippen molar-refractivity contribution >= 4 is 21.4 Å². The summed E-state index contributed by atoms with van der Waals surface area (Å²) in [5, 5.41) is 2.27. The van der Waals surface area contributed by atoms with E-state index in [2.05, 4.69) is 5.32 Å². The van der Waals surface area contributed by atoms with Gasteiger partial charge in [0, 0.05) is 20.0 Å². The number of rotatable bonds is 6. The quantitative estimate of drug-likeness (QED) is 0.747. The monoisotopic (exact) mass is 304 g/mol. The van der Waals surface area contributed by atoms with Gasteiger partial charge >= 0.3 is 0 Å². The molecule has 0 radical (unpaired) electrons. The fourth-order valence-corrected chi connectivity index (χ4v) is 2.08. The van der Waals surface area contributed by atoms with E-state index in [1.807, 2.05) is 0 Å². The van der Waals surface area contributed by atoms with E-state index >= 15 is 0 Å². The predicted octanol–water partition coefficient (Wildman–Crippen LogP) is 0.531.